The van der Waals surface area contributed by atoms with Crippen molar-refractivity contribution in [1.29, 1.82) is 0 Å². The molecule has 23 heavy (non-hydrogen) atoms. The van der Waals surface area contributed by atoms with Gasteiger partial charge in [-0.25, -0.2) is 8.42 Å². The normalized spacial score (nSPS) is 11.0. The summed E-state index contributed by atoms with van der Waals surface area (Å²) in [5, 5.41) is 11.8. The van der Waals surface area contributed by atoms with Gasteiger partial charge in [0, 0.05) is 12.6 Å². The summed E-state index contributed by atoms with van der Waals surface area (Å²) >= 11 is 0. The molecule has 0 bridgehead atoms. The van der Waals surface area contributed by atoms with Crippen LogP contribution in [0.2, 0.25) is 0 Å². The van der Waals surface area contributed by atoms with Gasteiger partial charge in [0.1, 0.15) is 0 Å². The summed E-state index contributed by atoms with van der Waals surface area (Å²) in [5.41, 5.74) is 0.998. The number of carbonyl (C=O) groups excluding carboxylic acids is 1. The molecule has 0 aliphatic carbocycles. The number of anilines is 2. The van der Waals surface area contributed by atoms with Crippen molar-refractivity contribution in [2.24, 2.45) is 0 Å². The van der Waals surface area contributed by atoms with E-state index in [4.69, 9.17) is 0 Å². The van der Waals surface area contributed by atoms with E-state index in [1.165, 1.54) is 31.2 Å². The molecule has 0 fully saturated rings. The van der Waals surface area contributed by atoms with Crippen LogP contribution in [0.4, 0.5) is 11.4 Å². The van der Waals surface area contributed by atoms with Crippen LogP contribution in [0.15, 0.2) is 59.5 Å². The number of nitrogens with one attached hydrogen (secondary N) is 1. The largest absolute Gasteiger partial charge is 0.394 e. The summed E-state index contributed by atoms with van der Waals surface area (Å²) in [7, 11) is -3.80. The first-order valence-corrected chi connectivity index (χ1v) is 8.45. The number of benzene rings is 2. The van der Waals surface area contributed by atoms with Crippen molar-refractivity contribution in [1.82, 2.24) is 0 Å². The number of hydrogen-bond donors (Lipinski definition) is 2. The van der Waals surface area contributed by atoms with Crippen LogP contribution in [0.3, 0.4) is 0 Å². The highest BCUT2D eigenvalue weighted by Gasteiger charge is 2.24. The first kappa shape index (κ1) is 17.0. The molecule has 0 radical (unpaired) electrons. The van der Waals surface area contributed by atoms with Crippen LogP contribution < -0.4 is 9.62 Å². The monoisotopic (exact) mass is 334 g/mol. The third-order valence-electron chi connectivity index (χ3n) is 3.11. The number of carbonyl (C=O) groups is 1. The molecule has 2 aromatic carbocycles. The Balaban J connectivity index is 2.36. The van der Waals surface area contributed by atoms with E-state index in [1.807, 2.05) is 0 Å². The quantitative estimate of drug-likeness (QED) is 0.844. The Morgan fingerprint density at radius 1 is 1.09 bits per heavy atom. The lowest BCUT2D eigenvalue weighted by Crippen LogP contribution is -2.33. The maximum atomic E-state index is 12.8. The fourth-order valence-electron chi connectivity index (χ4n) is 2.11. The lowest BCUT2D eigenvalue weighted by atomic mass is 10.3. The number of hydrogen-bond acceptors (Lipinski definition) is 4. The zero-order valence-electron chi connectivity index (χ0n) is 12.6. The third kappa shape index (κ3) is 4.08. The maximum absolute atomic E-state index is 12.8. The Bertz CT molecular complexity index is 758. The molecule has 0 aliphatic heterocycles. The van der Waals surface area contributed by atoms with Gasteiger partial charge in [-0.2, -0.15) is 0 Å². The van der Waals surface area contributed by atoms with Crippen LogP contribution in [0.25, 0.3) is 0 Å². The fraction of sp³-hybridized carbons (Fsp3) is 0.188. The number of nitrogens with zero attached hydrogens (tertiary/aromatic N) is 1. The van der Waals surface area contributed by atoms with E-state index in [1.54, 1.807) is 30.3 Å². The van der Waals surface area contributed by atoms with Gasteiger partial charge in [0.2, 0.25) is 5.91 Å². The van der Waals surface area contributed by atoms with Crippen molar-refractivity contribution in [2.45, 2.75) is 11.8 Å². The highest BCUT2D eigenvalue weighted by Crippen LogP contribution is 2.24. The molecule has 0 saturated heterocycles. The van der Waals surface area contributed by atoms with E-state index in [2.05, 4.69) is 5.32 Å². The smallest absolute Gasteiger partial charge is 0.264 e. The molecule has 0 heterocycles. The molecule has 1 amide bonds. The van der Waals surface area contributed by atoms with E-state index in [0.29, 0.717) is 11.4 Å². The highest BCUT2D eigenvalue weighted by molar-refractivity contribution is 7.92. The topological polar surface area (TPSA) is 86.7 Å². The molecular formula is C16H18N2O4S. The van der Waals surface area contributed by atoms with Crippen molar-refractivity contribution >= 4 is 27.3 Å². The molecule has 7 heteroatoms. The van der Waals surface area contributed by atoms with E-state index in [-0.39, 0.29) is 24.0 Å². The number of sulfonamides is 1. The van der Waals surface area contributed by atoms with Crippen molar-refractivity contribution in [3.05, 3.63) is 54.6 Å². The van der Waals surface area contributed by atoms with Crippen molar-refractivity contribution in [2.75, 3.05) is 22.8 Å². The van der Waals surface area contributed by atoms with Crippen LogP contribution in [0.1, 0.15) is 6.92 Å². The summed E-state index contributed by atoms with van der Waals surface area (Å²) in [6.07, 6.45) is 0. The first-order valence-electron chi connectivity index (χ1n) is 7.01. The van der Waals surface area contributed by atoms with Gasteiger partial charge < -0.3 is 10.4 Å². The van der Waals surface area contributed by atoms with Crippen LogP contribution in [0.5, 0.6) is 0 Å². The van der Waals surface area contributed by atoms with E-state index in [9.17, 15) is 18.3 Å². The van der Waals surface area contributed by atoms with E-state index < -0.39 is 10.0 Å². The summed E-state index contributed by atoms with van der Waals surface area (Å²) in [6, 6.07) is 14.5. The lowest BCUT2D eigenvalue weighted by Gasteiger charge is -2.23. The number of para-hydroxylation sites is 1. The molecule has 0 spiro atoms. The van der Waals surface area contributed by atoms with Crippen molar-refractivity contribution in [3.63, 3.8) is 0 Å². The molecule has 2 rings (SSSR count). The molecule has 2 aromatic rings. The first-order chi connectivity index (χ1) is 10.9. The number of aliphatic hydroxyl groups is 1. The number of amides is 1. The Morgan fingerprint density at radius 2 is 1.70 bits per heavy atom. The Hall–Kier alpha value is -2.38. The van der Waals surface area contributed by atoms with Gasteiger partial charge in [-0.15, -0.1) is 0 Å². The molecule has 122 valence electrons. The average molecular weight is 334 g/mol. The van der Waals surface area contributed by atoms with Crippen molar-refractivity contribution in [3.8, 4) is 0 Å². The molecular weight excluding hydrogens is 316 g/mol. The second kappa shape index (κ2) is 7.26. The van der Waals surface area contributed by atoms with Gasteiger partial charge in [-0.05, 0) is 36.4 Å². The van der Waals surface area contributed by atoms with Crippen LogP contribution >= 0.6 is 0 Å². The lowest BCUT2D eigenvalue weighted by molar-refractivity contribution is -0.114. The average Bonchev–Trinajstić information content (AvgIpc) is 2.53. The summed E-state index contributed by atoms with van der Waals surface area (Å²) in [5.74, 6) is -0.230. The van der Waals surface area contributed by atoms with Gasteiger partial charge in [0.25, 0.3) is 10.0 Å². The minimum Gasteiger partial charge on any atom is -0.394 e. The molecule has 0 atom stereocenters. The van der Waals surface area contributed by atoms with Crippen LogP contribution in [-0.2, 0) is 14.8 Å². The minimum atomic E-state index is -3.80. The van der Waals surface area contributed by atoms with Gasteiger partial charge in [0.05, 0.1) is 23.7 Å². The molecule has 2 N–H and O–H groups in total. The third-order valence-corrected chi connectivity index (χ3v) is 4.95. The second-order valence-electron chi connectivity index (χ2n) is 4.84. The van der Waals surface area contributed by atoms with Gasteiger partial charge >= 0.3 is 0 Å². The van der Waals surface area contributed by atoms with Crippen LogP contribution in [-0.4, -0.2) is 32.6 Å². The van der Waals surface area contributed by atoms with Gasteiger partial charge in [-0.1, -0.05) is 18.2 Å². The Kier molecular flexibility index (Phi) is 5.36. The Morgan fingerprint density at radius 3 is 2.22 bits per heavy atom. The molecule has 0 aliphatic rings. The minimum absolute atomic E-state index is 0.0419. The predicted molar refractivity (Wildman–Crippen MR) is 88.8 cm³/mol. The zero-order chi connectivity index (χ0) is 16.9. The molecule has 0 saturated carbocycles. The molecule has 6 nitrogen and oxygen atoms in total. The standard InChI is InChI=1S/C16H18N2O4S/c1-13(20)17-14-7-9-16(10-8-14)23(21,22)18(11-12-19)15-5-3-2-4-6-15/h2-10,19H,11-12H2,1H3,(H,17,20). The predicted octanol–water partition coefficient (Wildman–Crippen LogP) is 1.83. The summed E-state index contributed by atoms with van der Waals surface area (Å²) < 4.78 is 26.7. The number of aliphatic hydroxyl groups excluding tert-OH is 1. The number of rotatable bonds is 6. The fourth-order valence-corrected chi connectivity index (χ4v) is 3.57. The highest BCUT2D eigenvalue weighted by atomic mass is 32.2. The summed E-state index contributed by atoms with van der Waals surface area (Å²) in [4.78, 5) is 11.1. The van der Waals surface area contributed by atoms with Gasteiger partial charge in [0.15, 0.2) is 0 Å². The maximum Gasteiger partial charge on any atom is 0.264 e. The zero-order valence-corrected chi connectivity index (χ0v) is 13.5. The summed E-state index contributed by atoms with van der Waals surface area (Å²) in [6.45, 7) is 1.04. The van der Waals surface area contributed by atoms with E-state index >= 15 is 0 Å². The molecule has 0 aromatic heterocycles. The Labute approximate surface area is 135 Å². The SMILES string of the molecule is CC(=O)Nc1ccc(S(=O)(=O)N(CCO)c2ccccc2)cc1. The van der Waals surface area contributed by atoms with Gasteiger partial charge in [-0.3, -0.25) is 9.10 Å². The van der Waals surface area contributed by atoms with E-state index in [0.717, 1.165) is 4.31 Å². The second-order valence-corrected chi connectivity index (χ2v) is 6.70. The molecule has 0 unspecified atom stereocenters. The van der Waals surface area contributed by atoms with Crippen LogP contribution in [0, 0.1) is 0 Å². The van der Waals surface area contributed by atoms with Crippen molar-refractivity contribution < 1.29 is 18.3 Å².